The van der Waals surface area contributed by atoms with E-state index < -0.39 is 22.0 Å². The fourth-order valence-corrected chi connectivity index (χ4v) is 5.27. The maximum absolute atomic E-state index is 12.8. The van der Waals surface area contributed by atoms with Gasteiger partial charge in [0.1, 0.15) is 6.04 Å². The van der Waals surface area contributed by atoms with Crippen LogP contribution in [0, 0.1) is 0 Å². The van der Waals surface area contributed by atoms with E-state index in [2.05, 4.69) is 5.32 Å². The summed E-state index contributed by atoms with van der Waals surface area (Å²) in [6.45, 7) is 1.47. The Balaban J connectivity index is 1.91. The van der Waals surface area contributed by atoms with Gasteiger partial charge in [-0.1, -0.05) is 34.5 Å². The minimum atomic E-state index is -3.79. The molecule has 1 heterocycles. The van der Waals surface area contributed by atoms with Crippen molar-refractivity contribution >= 4 is 72.1 Å². The highest BCUT2D eigenvalue weighted by Gasteiger charge is 2.29. The lowest BCUT2D eigenvalue weighted by Gasteiger charge is -2.28. The Morgan fingerprint density at radius 3 is 2.48 bits per heavy atom. The number of aromatic nitrogens is 1. The fraction of sp³-hybridized carbons (Fsp3) is 0.222. The molecule has 0 aliphatic rings. The standard InChI is InChI=1S/C18H17Cl2N3O4S2/c1-10(23(29(3,26)27)12-5-6-13(19)14(20)9-12)17(24)21-11-4-7-15-16(8-11)28-18(25)22(15)2/h4-10H,1-3H3,(H,21,24)/t10-/m1/s1. The molecule has 1 N–H and O–H groups in total. The van der Waals surface area contributed by atoms with Crippen LogP contribution in [0.5, 0.6) is 0 Å². The molecule has 11 heteroatoms. The smallest absolute Gasteiger partial charge is 0.307 e. The maximum Gasteiger partial charge on any atom is 0.307 e. The molecule has 0 saturated carbocycles. The maximum atomic E-state index is 12.8. The predicted molar refractivity (Wildman–Crippen MR) is 119 cm³/mol. The second-order valence-corrected chi connectivity index (χ2v) is 10.1. The van der Waals surface area contributed by atoms with Gasteiger partial charge in [0.25, 0.3) is 0 Å². The van der Waals surface area contributed by atoms with E-state index in [-0.39, 0.29) is 20.6 Å². The number of sulfonamides is 1. The van der Waals surface area contributed by atoms with Crippen molar-refractivity contribution in [2.24, 2.45) is 7.05 Å². The molecule has 0 fully saturated rings. The lowest BCUT2D eigenvalue weighted by Crippen LogP contribution is -2.45. The minimum Gasteiger partial charge on any atom is -0.324 e. The van der Waals surface area contributed by atoms with E-state index in [0.717, 1.165) is 27.4 Å². The van der Waals surface area contributed by atoms with Crippen molar-refractivity contribution in [3.05, 3.63) is 56.1 Å². The lowest BCUT2D eigenvalue weighted by molar-refractivity contribution is -0.116. The van der Waals surface area contributed by atoms with E-state index in [9.17, 15) is 18.0 Å². The molecule has 0 radical (unpaired) electrons. The van der Waals surface area contributed by atoms with Gasteiger partial charge in [0, 0.05) is 12.7 Å². The van der Waals surface area contributed by atoms with Gasteiger partial charge in [-0.3, -0.25) is 13.9 Å². The van der Waals surface area contributed by atoms with Crippen molar-refractivity contribution in [1.29, 1.82) is 0 Å². The first-order valence-electron chi connectivity index (χ1n) is 8.34. The van der Waals surface area contributed by atoms with Gasteiger partial charge in [-0.15, -0.1) is 0 Å². The first kappa shape index (κ1) is 21.6. The van der Waals surface area contributed by atoms with Crippen molar-refractivity contribution in [2.75, 3.05) is 15.9 Å². The summed E-state index contributed by atoms with van der Waals surface area (Å²) in [4.78, 5) is 24.5. The van der Waals surface area contributed by atoms with Gasteiger partial charge in [-0.05, 0) is 43.3 Å². The number of benzene rings is 2. The number of anilines is 2. The average Bonchev–Trinajstić information content (AvgIpc) is 2.90. The number of halogens is 2. The van der Waals surface area contributed by atoms with Crippen molar-refractivity contribution in [3.63, 3.8) is 0 Å². The Hall–Kier alpha value is -2.07. The van der Waals surface area contributed by atoms with E-state index in [0.29, 0.717) is 10.4 Å². The topological polar surface area (TPSA) is 88.5 Å². The molecule has 1 atom stereocenters. The molecule has 0 bridgehead atoms. The average molecular weight is 474 g/mol. The van der Waals surface area contributed by atoms with E-state index in [4.69, 9.17) is 23.2 Å². The second kappa shape index (κ2) is 7.98. The highest BCUT2D eigenvalue weighted by Crippen LogP contribution is 2.30. The summed E-state index contributed by atoms with van der Waals surface area (Å²) in [7, 11) is -2.12. The van der Waals surface area contributed by atoms with Crippen LogP contribution in [-0.2, 0) is 21.9 Å². The summed E-state index contributed by atoms with van der Waals surface area (Å²) < 4.78 is 28.0. The van der Waals surface area contributed by atoms with Gasteiger partial charge in [0.05, 0.1) is 32.2 Å². The quantitative estimate of drug-likeness (QED) is 0.611. The van der Waals surface area contributed by atoms with Crippen molar-refractivity contribution in [1.82, 2.24) is 4.57 Å². The van der Waals surface area contributed by atoms with Crippen LogP contribution < -0.4 is 14.5 Å². The number of amides is 1. The third-order valence-electron chi connectivity index (χ3n) is 4.31. The number of hydrogen-bond donors (Lipinski definition) is 1. The number of thiazole rings is 1. The molecule has 3 rings (SSSR count). The first-order chi connectivity index (χ1) is 13.5. The zero-order chi connectivity index (χ0) is 21.5. The van der Waals surface area contributed by atoms with Crippen LogP contribution >= 0.6 is 34.5 Å². The molecule has 1 amide bonds. The molecule has 0 aliphatic heterocycles. The van der Waals surface area contributed by atoms with Gasteiger partial charge < -0.3 is 9.88 Å². The molecule has 1 aromatic heterocycles. The minimum absolute atomic E-state index is 0.111. The van der Waals surface area contributed by atoms with Crippen LogP contribution in [0.4, 0.5) is 11.4 Å². The van der Waals surface area contributed by atoms with Crippen molar-refractivity contribution < 1.29 is 13.2 Å². The van der Waals surface area contributed by atoms with Crippen LogP contribution in [-0.4, -0.2) is 31.2 Å². The van der Waals surface area contributed by atoms with Gasteiger partial charge in [-0.25, -0.2) is 8.42 Å². The highest BCUT2D eigenvalue weighted by molar-refractivity contribution is 7.92. The third-order valence-corrected chi connectivity index (χ3v) is 7.28. The molecule has 154 valence electrons. The number of nitrogens with zero attached hydrogens (tertiary/aromatic N) is 2. The van der Waals surface area contributed by atoms with Crippen molar-refractivity contribution in [3.8, 4) is 0 Å². The Morgan fingerprint density at radius 2 is 1.86 bits per heavy atom. The third kappa shape index (κ3) is 4.42. The van der Waals surface area contributed by atoms with Crippen LogP contribution in [0.3, 0.4) is 0 Å². The molecule has 0 saturated heterocycles. The first-order valence-corrected chi connectivity index (χ1v) is 11.8. The van der Waals surface area contributed by atoms with Gasteiger partial charge in [0.15, 0.2) is 0 Å². The number of rotatable bonds is 5. The number of carbonyl (C=O) groups excluding carboxylic acids is 1. The number of fused-ring (bicyclic) bond motifs is 1. The zero-order valence-electron chi connectivity index (χ0n) is 15.6. The number of hydrogen-bond acceptors (Lipinski definition) is 5. The molecular weight excluding hydrogens is 457 g/mol. The van der Waals surface area contributed by atoms with Gasteiger partial charge in [0.2, 0.25) is 15.9 Å². The predicted octanol–water partition coefficient (Wildman–Crippen LogP) is 3.70. The van der Waals surface area contributed by atoms with Gasteiger partial charge >= 0.3 is 4.87 Å². The molecule has 29 heavy (non-hydrogen) atoms. The summed E-state index contributed by atoms with van der Waals surface area (Å²) in [5.41, 5.74) is 1.43. The van der Waals surface area contributed by atoms with E-state index >= 15 is 0 Å². The van der Waals surface area contributed by atoms with Crippen molar-refractivity contribution in [2.45, 2.75) is 13.0 Å². The summed E-state index contributed by atoms with van der Waals surface area (Å²) >= 11 is 13.0. The Kier molecular flexibility index (Phi) is 5.96. The molecular formula is C18H17Cl2N3O4S2. The lowest BCUT2D eigenvalue weighted by atomic mass is 10.2. The second-order valence-electron chi connectivity index (χ2n) is 6.43. The number of aryl methyl sites for hydroxylation is 1. The molecule has 0 spiro atoms. The monoisotopic (exact) mass is 473 g/mol. The summed E-state index contributed by atoms with van der Waals surface area (Å²) in [6.07, 6.45) is 1.01. The van der Waals surface area contributed by atoms with Crippen LogP contribution in [0.25, 0.3) is 10.2 Å². The number of carbonyl (C=O) groups is 1. The summed E-state index contributed by atoms with van der Waals surface area (Å²) in [5, 5.41) is 3.15. The normalized spacial score (nSPS) is 12.7. The van der Waals surface area contributed by atoms with Crippen LogP contribution in [0.1, 0.15) is 6.92 Å². The molecule has 0 aliphatic carbocycles. The Bertz CT molecular complexity index is 1270. The van der Waals surface area contributed by atoms with E-state index in [1.54, 1.807) is 25.2 Å². The summed E-state index contributed by atoms with van der Waals surface area (Å²) in [5.74, 6) is -0.538. The Labute approximate surface area is 181 Å². The van der Waals surface area contributed by atoms with Crippen LogP contribution in [0.2, 0.25) is 10.0 Å². The fourth-order valence-electron chi connectivity index (χ4n) is 2.89. The Morgan fingerprint density at radius 1 is 1.17 bits per heavy atom. The van der Waals surface area contributed by atoms with E-state index in [1.165, 1.54) is 29.7 Å². The van der Waals surface area contributed by atoms with Gasteiger partial charge in [-0.2, -0.15) is 0 Å². The molecule has 7 nitrogen and oxygen atoms in total. The number of nitrogens with one attached hydrogen (secondary N) is 1. The zero-order valence-corrected chi connectivity index (χ0v) is 18.8. The highest BCUT2D eigenvalue weighted by atomic mass is 35.5. The molecule has 3 aromatic rings. The SMILES string of the molecule is C[C@H](C(=O)Nc1ccc2c(c1)sc(=O)n2C)N(c1ccc(Cl)c(Cl)c1)S(C)(=O)=O. The summed E-state index contributed by atoms with van der Waals surface area (Å²) in [6, 6.07) is 8.33. The molecule has 2 aromatic carbocycles. The van der Waals surface area contributed by atoms with E-state index in [1.807, 2.05) is 0 Å². The largest absolute Gasteiger partial charge is 0.324 e. The molecule has 0 unspecified atom stereocenters. The van der Waals surface area contributed by atoms with Crippen LogP contribution in [0.15, 0.2) is 41.2 Å².